The lowest BCUT2D eigenvalue weighted by Crippen LogP contribution is -2.45. The number of hydrogen-bond donors (Lipinski definition) is 1. The summed E-state index contributed by atoms with van der Waals surface area (Å²) in [6.07, 6.45) is 5.32. The van der Waals surface area contributed by atoms with Crippen LogP contribution in [0.2, 0.25) is 0 Å². The molecule has 1 fully saturated rings. The van der Waals surface area contributed by atoms with Gasteiger partial charge in [-0.05, 0) is 39.1 Å². The van der Waals surface area contributed by atoms with E-state index in [0.717, 1.165) is 29.9 Å². The molecule has 1 aliphatic rings. The van der Waals surface area contributed by atoms with Gasteiger partial charge >= 0.3 is 0 Å². The minimum atomic E-state index is 0.0855. The van der Waals surface area contributed by atoms with Gasteiger partial charge in [-0.25, -0.2) is 0 Å². The minimum Gasteiger partial charge on any atom is -0.311 e. The first kappa shape index (κ1) is 14.7. The van der Waals surface area contributed by atoms with Crippen molar-refractivity contribution in [2.45, 2.75) is 18.9 Å². The molecule has 6 heteroatoms. The van der Waals surface area contributed by atoms with E-state index in [1.165, 1.54) is 0 Å². The van der Waals surface area contributed by atoms with Crippen LogP contribution in [-0.4, -0.2) is 45.7 Å². The zero-order chi connectivity index (χ0) is 15.7. The number of aromatic nitrogens is 3. The average Bonchev–Trinajstić information content (AvgIpc) is 2.79. The van der Waals surface area contributed by atoms with Crippen molar-refractivity contribution >= 4 is 11.7 Å². The van der Waals surface area contributed by atoms with Crippen molar-refractivity contribution in [2.75, 3.05) is 19.4 Å². The maximum atomic E-state index is 12.3. The van der Waals surface area contributed by atoms with Crippen LogP contribution in [0.25, 0.3) is 11.3 Å². The van der Waals surface area contributed by atoms with Crippen molar-refractivity contribution in [3.05, 3.63) is 30.6 Å². The first-order valence-corrected chi connectivity index (χ1v) is 7.46. The van der Waals surface area contributed by atoms with Crippen LogP contribution in [0.4, 0.5) is 5.82 Å². The monoisotopic (exact) mass is 299 g/mol. The fourth-order valence-electron chi connectivity index (χ4n) is 2.70. The molecule has 0 bridgehead atoms. The largest absolute Gasteiger partial charge is 0.311 e. The number of aryl methyl sites for hydroxylation is 1. The lowest BCUT2D eigenvalue weighted by atomic mass is 9.79. The zero-order valence-corrected chi connectivity index (χ0v) is 13.2. The third-order valence-corrected chi connectivity index (χ3v) is 4.32. The highest BCUT2D eigenvalue weighted by Gasteiger charge is 2.35. The summed E-state index contributed by atoms with van der Waals surface area (Å²) in [5.74, 6) is 0.916. The Morgan fingerprint density at radius 3 is 2.64 bits per heavy atom. The number of anilines is 1. The number of nitrogens with one attached hydrogen (secondary N) is 1. The maximum Gasteiger partial charge on any atom is 0.228 e. The Balaban J connectivity index is 1.66. The van der Waals surface area contributed by atoms with Crippen LogP contribution in [0.3, 0.4) is 0 Å². The Bertz CT molecular complexity index is 658. The maximum absolute atomic E-state index is 12.3. The number of nitrogens with zero attached hydrogens (tertiary/aromatic N) is 4. The zero-order valence-electron chi connectivity index (χ0n) is 13.2. The SMILES string of the molecule is CN(C)C1CC(C(=O)Nc2cc(-c3ccncc3)nn2C)C1. The number of pyridine rings is 1. The Hall–Kier alpha value is -2.21. The molecule has 6 nitrogen and oxygen atoms in total. The highest BCUT2D eigenvalue weighted by Crippen LogP contribution is 2.31. The van der Waals surface area contributed by atoms with Gasteiger partial charge in [-0.3, -0.25) is 14.5 Å². The molecule has 0 saturated heterocycles. The number of hydrogen-bond acceptors (Lipinski definition) is 4. The van der Waals surface area contributed by atoms with Crippen molar-refractivity contribution in [1.29, 1.82) is 0 Å². The molecule has 1 N–H and O–H groups in total. The molecule has 0 atom stereocenters. The van der Waals surface area contributed by atoms with E-state index in [-0.39, 0.29) is 11.8 Å². The average molecular weight is 299 g/mol. The fraction of sp³-hybridized carbons (Fsp3) is 0.438. The summed E-state index contributed by atoms with van der Waals surface area (Å²) in [6.45, 7) is 0. The van der Waals surface area contributed by atoms with E-state index in [1.807, 2.05) is 25.2 Å². The molecular weight excluding hydrogens is 278 g/mol. The molecular formula is C16H21N5O. The van der Waals surface area contributed by atoms with Crippen LogP contribution in [-0.2, 0) is 11.8 Å². The summed E-state index contributed by atoms with van der Waals surface area (Å²) in [6, 6.07) is 6.23. The standard InChI is InChI=1S/C16H21N5O/c1-20(2)13-8-12(9-13)16(22)18-15-10-14(19-21(15)3)11-4-6-17-7-5-11/h4-7,10,12-13H,8-9H2,1-3H3,(H,18,22). The molecule has 2 heterocycles. The summed E-state index contributed by atoms with van der Waals surface area (Å²) in [4.78, 5) is 18.5. The lowest BCUT2D eigenvalue weighted by Gasteiger charge is -2.38. The predicted molar refractivity (Wildman–Crippen MR) is 85.3 cm³/mol. The Morgan fingerprint density at radius 1 is 1.32 bits per heavy atom. The summed E-state index contributed by atoms with van der Waals surface area (Å²) < 4.78 is 1.70. The molecule has 2 aromatic rings. The highest BCUT2D eigenvalue weighted by molar-refractivity contribution is 5.93. The molecule has 3 rings (SSSR count). The third-order valence-electron chi connectivity index (χ3n) is 4.32. The molecule has 22 heavy (non-hydrogen) atoms. The van der Waals surface area contributed by atoms with Crippen LogP contribution in [0.1, 0.15) is 12.8 Å². The molecule has 1 amide bonds. The molecule has 0 aliphatic heterocycles. The van der Waals surface area contributed by atoms with Crippen molar-refractivity contribution in [3.63, 3.8) is 0 Å². The van der Waals surface area contributed by atoms with E-state index >= 15 is 0 Å². The van der Waals surface area contributed by atoms with Crippen LogP contribution < -0.4 is 5.32 Å². The van der Waals surface area contributed by atoms with Crippen LogP contribution in [0.15, 0.2) is 30.6 Å². The van der Waals surface area contributed by atoms with Crippen LogP contribution >= 0.6 is 0 Å². The third kappa shape index (κ3) is 2.87. The van der Waals surface area contributed by atoms with Gasteiger partial charge < -0.3 is 10.2 Å². The van der Waals surface area contributed by atoms with Gasteiger partial charge in [-0.2, -0.15) is 5.10 Å². The predicted octanol–water partition coefficient (Wildman–Crippen LogP) is 1.76. The van der Waals surface area contributed by atoms with Gasteiger partial charge in [0.1, 0.15) is 5.82 Å². The smallest absolute Gasteiger partial charge is 0.228 e. The summed E-state index contributed by atoms with van der Waals surface area (Å²) in [5, 5.41) is 7.44. The van der Waals surface area contributed by atoms with Gasteiger partial charge in [0.2, 0.25) is 5.91 Å². The van der Waals surface area contributed by atoms with E-state index in [4.69, 9.17) is 0 Å². The van der Waals surface area contributed by atoms with Crippen LogP contribution in [0.5, 0.6) is 0 Å². The molecule has 0 radical (unpaired) electrons. The molecule has 0 spiro atoms. The second-order valence-corrected chi connectivity index (χ2v) is 6.05. The van der Waals surface area contributed by atoms with Gasteiger partial charge in [0.05, 0.1) is 5.69 Å². The number of amides is 1. The van der Waals surface area contributed by atoms with Crippen molar-refractivity contribution in [2.24, 2.45) is 13.0 Å². The number of carbonyl (C=O) groups is 1. The lowest BCUT2D eigenvalue weighted by molar-refractivity contribution is -0.124. The first-order chi connectivity index (χ1) is 10.5. The molecule has 0 unspecified atom stereocenters. The van der Waals surface area contributed by atoms with Crippen molar-refractivity contribution in [1.82, 2.24) is 19.7 Å². The van der Waals surface area contributed by atoms with E-state index in [9.17, 15) is 4.79 Å². The minimum absolute atomic E-state index is 0.0855. The van der Waals surface area contributed by atoms with E-state index < -0.39 is 0 Å². The summed E-state index contributed by atoms with van der Waals surface area (Å²) >= 11 is 0. The van der Waals surface area contributed by atoms with Gasteiger partial charge in [0, 0.05) is 43.0 Å². The molecule has 1 aliphatic carbocycles. The van der Waals surface area contributed by atoms with E-state index in [1.54, 1.807) is 17.1 Å². The van der Waals surface area contributed by atoms with Crippen LogP contribution in [0, 0.1) is 5.92 Å². The topological polar surface area (TPSA) is 63.1 Å². The quantitative estimate of drug-likeness (QED) is 0.934. The second-order valence-electron chi connectivity index (χ2n) is 6.05. The molecule has 0 aromatic carbocycles. The Morgan fingerprint density at radius 2 is 2.00 bits per heavy atom. The fourth-order valence-corrected chi connectivity index (χ4v) is 2.70. The van der Waals surface area contributed by atoms with Crippen molar-refractivity contribution in [3.8, 4) is 11.3 Å². The summed E-state index contributed by atoms with van der Waals surface area (Å²) in [5.41, 5.74) is 1.82. The molecule has 116 valence electrons. The van der Waals surface area contributed by atoms with Gasteiger partial charge in [-0.15, -0.1) is 0 Å². The Labute approximate surface area is 130 Å². The normalized spacial score (nSPS) is 20.7. The van der Waals surface area contributed by atoms with Gasteiger partial charge in [0.15, 0.2) is 0 Å². The van der Waals surface area contributed by atoms with E-state index in [0.29, 0.717) is 6.04 Å². The van der Waals surface area contributed by atoms with Gasteiger partial charge in [-0.1, -0.05) is 0 Å². The molecule has 1 saturated carbocycles. The Kier molecular flexibility index (Phi) is 3.94. The molecule has 2 aromatic heterocycles. The summed E-state index contributed by atoms with van der Waals surface area (Å²) in [7, 11) is 5.95. The number of rotatable bonds is 4. The van der Waals surface area contributed by atoms with E-state index in [2.05, 4.69) is 34.4 Å². The van der Waals surface area contributed by atoms with Crippen molar-refractivity contribution < 1.29 is 4.79 Å². The first-order valence-electron chi connectivity index (χ1n) is 7.46. The highest BCUT2D eigenvalue weighted by atomic mass is 16.2. The van der Waals surface area contributed by atoms with Gasteiger partial charge in [0.25, 0.3) is 0 Å². The second kappa shape index (κ2) is 5.88. The number of carbonyl (C=O) groups excluding carboxylic acids is 1.